The van der Waals surface area contributed by atoms with Gasteiger partial charge in [0.15, 0.2) is 0 Å². The molecule has 23 heavy (non-hydrogen) atoms. The van der Waals surface area contributed by atoms with Crippen molar-refractivity contribution in [2.45, 2.75) is 13.5 Å². The first-order valence-corrected chi connectivity index (χ1v) is 8.73. The number of pyridine rings is 1. The molecule has 2 aromatic rings. The smallest absolute Gasteiger partial charge is 0.256 e. The average Bonchev–Trinajstić information content (AvgIpc) is 2.55. The van der Waals surface area contributed by atoms with E-state index in [9.17, 15) is 9.59 Å². The number of nitrogens with one attached hydrogen (secondary N) is 1. The number of fused-ring (bicyclic) bond motifs is 1. The van der Waals surface area contributed by atoms with E-state index in [1.165, 1.54) is 0 Å². The number of terminal acetylenes is 1. The van der Waals surface area contributed by atoms with Crippen molar-refractivity contribution in [1.82, 2.24) is 9.88 Å². The quantitative estimate of drug-likeness (QED) is 0.645. The zero-order chi connectivity index (χ0) is 16.8. The summed E-state index contributed by atoms with van der Waals surface area (Å²) in [6, 6.07) is 5.13. The summed E-state index contributed by atoms with van der Waals surface area (Å²) in [7, 11) is 0. The van der Waals surface area contributed by atoms with Crippen molar-refractivity contribution in [3.8, 4) is 12.3 Å². The van der Waals surface area contributed by atoms with Crippen molar-refractivity contribution in [2.24, 2.45) is 0 Å². The molecular formula is C17H17ClN2O2S. The molecule has 120 valence electrons. The van der Waals surface area contributed by atoms with Gasteiger partial charge in [-0.25, -0.2) is 0 Å². The maximum atomic E-state index is 12.6. The molecule has 2 rings (SSSR count). The molecule has 1 aromatic carbocycles. The Morgan fingerprint density at radius 2 is 2.26 bits per heavy atom. The highest BCUT2D eigenvalue weighted by molar-refractivity contribution is 7.99. The molecule has 1 N–H and O–H groups in total. The zero-order valence-electron chi connectivity index (χ0n) is 12.8. The van der Waals surface area contributed by atoms with Gasteiger partial charge in [0.25, 0.3) is 5.91 Å². The number of hydrogen-bond acceptors (Lipinski definition) is 3. The molecule has 4 nitrogen and oxygen atoms in total. The van der Waals surface area contributed by atoms with Gasteiger partial charge in [-0.2, -0.15) is 0 Å². The average molecular weight is 349 g/mol. The number of hydrogen-bond donors (Lipinski definition) is 1. The van der Waals surface area contributed by atoms with Crippen molar-refractivity contribution < 1.29 is 4.79 Å². The van der Waals surface area contributed by atoms with Gasteiger partial charge in [-0.05, 0) is 25.1 Å². The van der Waals surface area contributed by atoms with E-state index in [1.54, 1.807) is 36.2 Å². The number of thioether (sulfide) groups is 1. The van der Waals surface area contributed by atoms with Gasteiger partial charge in [0.1, 0.15) is 5.56 Å². The zero-order valence-corrected chi connectivity index (χ0v) is 14.3. The van der Waals surface area contributed by atoms with E-state index >= 15 is 0 Å². The molecule has 1 amide bonds. The van der Waals surface area contributed by atoms with Crippen molar-refractivity contribution in [2.75, 3.05) is 18.1 Å². The largest absolute Gasteiger partial charge is 0.351 e. The lowest BCUT2D eigenvalue weighted by Crippen LogP contribution is -2.31. The SMILES string of the molecule is C#CCSCCNC(=O)c1cn(CC)c2ccc(Cl)cc2c1=O. The van der Waals surface area contributed by atoms with Crippen molar-refractivity contribution in [3.63, 3.8) is 0 Å². The number of aryl methyl sites for hydroxylation is 1. The predicted molar refractivity (Wildman–Crippen MR) is 97.4 cm³/mol. The van der Waals surface area contributed by atoms with Gasteiger partial charge in [-0.1, -0.05) is 17.5 Å². The molecule has 6 heteroatoms. The molecule has 0 unspecified atom stereocenters. The Labute approximate surface area is 144 Å². The fourth-order valence-electron chi connectivity index (χ4n) is 2.26. The first-order chi connectivity index (χ1) is 11.1. The monoisotopic (exact) mass is 348 g/mol. The van der Waals surface area contributed by atoms with Crippen molar-refractivity contribution >= 4 is 40.2 Å². The number of carbonyl (C=O) groups excluding carboxylic acids is 1. The standard InChI is InChI=1S/C17H17ClN2O2S/c1-3-8-23-9-7-19-17(22)14-11-20(4-2)15-6-5-12(18)10-13(15)16(14)21/h1,5-6,10-11H,4,7-9H2,2H3,(H,19,22). The van der Waals surface area contributed by atoms with Gasteiger partial charge in [-0.15, -0.1) is 18.2 Å². The molecule has 0 aliphatic carbocycles. The maximum absolute atomic E-state index is 12.6. The van der Waals surface area contributed by atoms with Crippen molar-refractivity contribution in [1.29, 1.82) is 0 Å². The number of halogens is 1. The Morgan fingerprint density at radius 1 is 1.48 bits per heavy atom. The van der Waals surface area contributed by atoms with Crippen LogP contribution in [0, 0.1) is 12.3 Å². The normalized spacial score (nSPS) is 10.5. The van der Waals surface area contributed by atoms with E-state index in [1.807, 2.05) is 11.5 Å². The third-order valence-corrected chi connectivity index (χ3v) is 4.44. The van der Waals surface area contributed by atoms with Crippen LogP contribution in [0.4, 0.5) is 0 Å². The lowest BCUT2D eigenvalue weighted by Gasteiger charge is -2.12. The van der Waals surface area contributed by atoms with Gasteiger partial charge in [0.05, 0.1) is 11.3 Å². The third-order valence-electron chi connectivity index (χ3n) is 3.34. The fourth-order valence-corrected chi connectivity index (χ4v) is 2.94. The molecule has 0 saturated heterocycles. The molecule has 0 aliphatic rings. The van der Waals surface area contributed by atoms with Gasteiger partial charge in [-0.3, -0.25) is 9.59 Å². The molecule has 1 heterocycles. The first-order valence-electron chi connectivity index (χ1n) is 7.20. The summed E-state index contributed by atoms with van der Waals surface area (Å²) in [6.45, 7) is 3.07. The highest BCUT2D eigenvalue weighted by Crippen LogP contribution is 2.17. The summed E-state index contributed by atoms with van der Waals surface area (Å²) < 4.78 is 1.87. The summed E-state index contributed by atoms with van der Waals surface area (Å²) in [6.07, 6.45) is 6.77. The topological polar surface area (TPSA) is 51.1 Å². The van der Waals surface area contributed by atoms with Gasteiger partial charge in [0.2, 0.25) is 5.43 Å². The molecule has 0 radical (unpaired) electrons. The second-order valence-electron chi connectivity index (χ2n) is 4.83. The van der Waals surface area contributed by atoms with Crippen LogP contribution in [0.5, 0.6) is 0 Å². The summed E-state index contributed by atoms with van der Waals surface area (Å²) >= 11 is 7.54. The van der Waals surface area contributed by atoms with Crippen LogP contribution in [-0.2, 0) is 6.54 Å². The molecule has 0 spiro atoms. The number of benzene rings is 1. The Hall–Kier alpha value is -1.90. The van der Waals surface area contributed by atoms with Crippen LogP contribution < -0.4 is 10.7 Å². The molecule has 0 atom stereocenters. The summed E-state index contributed by atoms with van der Waals surface area (Å²) in [4.78, 5) is 24.8. The van der Waals surface area contributed by atoms with Crippen LogP contribution in [0.15, 0.2) is 29.2 Å². The second-order valence-corrected chi connectivity index (χ2v) is 6.37. The fraction of sp³-hybridized carbons (Fsp3) is 0.294. The van der Waals surface area contributed by atoms with Gasteiger partial charge in [0, 0.05) is 35.4 Å². The number of carbonyl (C=O) groups is 1. The van der Waals surface area contributed by atoms with E-state index in [4.69, 9.17) is 18.0 Å². The Bertz CT molecular complexity index is 824. The Kier molecular flexibility index (Phi) is 6.14. The maximum Gasteiger partial charge on any atom is 0.256 e. The Morgan fingerprint density at radius 3 is 2.96 bits per heavy atom. The van der Waals surface area contributed by atoms with Crippen molar-refractivity contribution in [3.05, 3.63) is 45.2 Å². The van der Waals surface area contributed by atoms with Crippen LogP contribution in [0.25, 0.3) is 10.9 Å². The number of nitrogens with zero attached hydrogens (tertiary/aromatic N) is 1. The minimum absolute atomic E-state index is 0.128. The second kappa shape index (κ2) is 8.09. The first kappa shape index (κ1) is 17.5. The number of amides is 1. The van der Waals surface area contributed by atoms with E-state index in [2.05, 4.69) is 11.2 Å². The van der Waals surface area contributed by atoms with Crippen LogP contribution in [-0.4, -0.2) is 28.5 Å². The minimum atomic E-state index is -0.375. The lowest BCUT2D eigenvalue weighted by atomic mass is 10.1. The van der Waals surface area contributed by atoms with Gasteiger partial charge < -0.3 is 9.88 Å². The molecular weight excluding hydrogens is 332 g/mol. The summed E-state index contributed by atoms with van der Waals surface area (Å²) in [5.74, 6) is 3.46. The Balaban J connectivity index is 2.30. The highest BCUT2D eigenvalue weighted by Gasteiger charge is 2.15. The van der Waals surface area contributed by atoms with Gasteiger partial charge >= 0.3 is 0 Å². The molecule has 0 fully saturated rings. The lowest BCUT2D eigenvalue weighted by molar-refractivity contribution is 0.0954. The summed E-state index contributed by atoms with van der Waals surface area (Å²) in [5, 5.41) is 3.68. The third kappa shape index (κ3) is 4.10. The summed E-state index contributed by atoms with van der Waals surface area (Å²) in [5.41, 5.74) is 0.590. The van der Waals surface area contributed by atoms with Crippen LogP contribution >= 0.6 is 23.4 Å². The van der Waals surface area contributed by atoms with E-state index in [-0.39, 0.29) is 16.9 Å². The van der Waals surface area contributed by atoms with Crippen LogP contribution in [0.2, 0.25) is 5.02 Å². The van der Waals surface area contributed by atoms with E-state index < -0.39 is 0 Å². The predicted octanol–water partition coefficient (Wildman–Crippen LogP) is 2.77. The number of rotatable bonds is 6. The van der Waals surface area contributed by atoms with Crippen LogP contribution in [0.1, 0.15) is 17.3 Å². The number of aromatic nitrogens is 1. The highest BCUT2D eigenvalue weighted by atomic mass is 35.5. The van der Waals surface area contributed by atoms with E-state index in [0.29, 0.717) is 35.0 Å². The molecule has 0 aliphatic heterocycles. The van der Waals surface area contributed by atoms with E-state index in [0.717, 1.165) is 5.52 Å². The molecule has 0 saturated carbocycles. The minimum Gasteiger partial charge on any atom is -0.351 e. The molecule has 0 bridgehead atoms. The molecule has 1 aromatic heterocycles. The van der Waals surface area contributed by atoms with Crippen LogP contribution in [0.3, 0.4) is 0 Å².